The van der Waals surface area contributed by atoms with Gasteiger partial charge in [0.05, 0.1) is 39.1 Å². The molecule has 12 rings (SSSR count). The van der Waals surface area contributed by atoms with Gasteiger partial charge in [-0.1, -0.05) is 182 Å². The van der Waals surface area contributed by atoms with E-state index in [9.17, 15) is 0 Å². The van der Waals surface area contributed by atoms with Gasteiger partial charge < -0.3 is 9.13 Å². The number of aromatic nitrogens is 4. The molecule has 0 aliphatic heterocycles. The molecule has 12 aromatic rings. The van der Waals surface area contributed by atoms with Crippen LogP contribution in [0.2, 0.25) is 0 Å². The molecule has 0 spiro atoms. The monoisotopic (exact) mass is 790 g/mol. The number of nitrogens with zero attached hydrogens (tertiary/aromatic N) is 4. The highest BCUT2D eigenvalue weighted by molar-refractivity contribution is 6.26. The maximum absolute atomic E-state index is 5.35. The minimum Gasteiger partial charge on any atom is -0.309 e. The van der Waals surface area contributed by atoms with Crippen LogP contribution in [0, 0.1) is 0 Å². The Morgan fingerprint density at radius 1 is 0.306 bits per heavy atom. The lowest BCUT2D eigenvalue weighted by Gasteiger charge is -2.21. The van der Waals surface area contributed by atoms with E-state index >= 15 is 0 Å². The van der Waals surface area contributed by atoms with Crippen molar-refractivity contribution in [2.24, 2.45) is 0 Å². The van der Waals surface area contributed by atoms with Crippen LogP contribution >= 0.6 is 0 Å². The van der Waals surface area contributed by atoms with Crippen LogP contribution in [0.25, 0.3) is 111 Å². The van der Waals surface area contributed by atoms with Crippen LogP contribution < -0.4 is 0 Å². The SMILES string of the molecule is c1ccc(-c2cc(-c3ccccc3)nc(-c3cc(-c4ccccc4)c(-n4c5ccccc5c5ccc6c(c7ccccc7n6-c6ccccc6)c54)c(-c4ccccc4)c3)n2)cc1. The summed E-state index contributed by atoms with van der Waals surface area (Å²) in [6.45, 7) is 0. The van der Waals surface area contributed by atoms with E-state index in [1.807, 2.05) is 12.1 Å². The molecule has 0 saturated heterocycles. The van der Waals surface area contributed by atoms with Gasteiger partial charge in [-0.2, -0.15) is 0 Å². The smallest absolute Gasteiger partial charge is 0.160 e. The molecule has 0 saturated carbocycles. The summed E-state index contributed by atoms with van der Waals surface area (Å²) in [5.74, 6) is 0.668. The topological polar surface area (TPSA) is 35.6 Å². The van der Waals surface area contributed by atoms with Gasteiger partial charge in [0.25, 0.3) is 0 Å². The standard InChI is InChI=1S/C58H38N4/c1-6-20-39(21-7-1)48-36-43(58-59-50(41-24-10-3-11-25-41)38-51(60-58)42-26-12-4-13-27-42)37-49(40-22-8-2-9-23-40)56(48)62-52-32-18-16-30-45(52)46-34-35-54-55(57(46)62)47-31-17-19-33-53(47)61(54)44-28-14-5-15-29-44/h1-38H. The van der Waals surface area contributed by atoms with Gasteiger partial charge >= 0.3 is 0 Å². The summed E-state index contributed by atoms with van der Waals surface area (Å²) in [6.07, 6.45) is 0. The van der Waals surface area contributed by atoms with E-state index < -0.39 is 0 Å². The zero-order chi connectivity index (χ0) is 41.0. The Labute approximate surface area is 359 Å². The van der Waals surface area contributed by atoms with E-state index in [1.54, 1.807) is 0 Å². The fourth-order valence-corrected chi connectivity index (χ4v) is 9.37. The molecular formula is C58H38N4. The third kappa shape index (κ3) is 5.84. The Morgan fingerprint density at radius 2 is 0.758 bits per heavy atom. The minimum absolute atomic E-state index is 0.668. The molecule has 62 heavy (non-hydrogen) atoms. The van der Waals surface area contributed by atoms with Crippen molar-refractivity contribution in [1.82, 2.24) is 19.1 Å². The van der Waals surface area contributed by atoms with Crippen LogP contribution in [0.15, 0.2) is 231 Å². The Kier molecular flexibility index (Phi) is 8.46. The van der Waals surface area contributed by atoms with Gasteiger partial charge in [-0.3, -0.25) is 0 Å². The number of rotatable bonds is 7. The highest BCUT2D eigenvalue weighted by Gasteiger charge is 2.26. The first-order chi connectivity index (χ1) is 30.8. The molecule has 4 nitrogen and oxygen atoms in total. The number of benzene rings is 9. The third-order valence-corrected chi connectivity index (χ3v) is 12.1. The minimum atomic E-state index is 0.668. The molecule has 3 heterocycles. The number of hydrogen-bond acceptors (Lipinski definition) is 2. The molecule has 0 N–H and O–H groups in total. The number of hydrogen-bond donors (Lipinski definition) is 0. The van der Waals surface area contributed by atoms with Crippen molar-refractivity contribution in [2.45, 2.75) is 0 Å². The van der Waals surface area contributed by atoms with Gasteiger partial charge in [0.2, 0.25) is 0 Å². The molecular weight excluding hydrogens is 753 g/mol. The Hall–Kier alpha value is -8.34. The summed E-state index contributed by atoms with van der Waals surface area (Å²) in [5.41, 5.74) is 16.0. The lowest BCUT2D eigenvalue weighted by molar-refractivity contribution is 1.17. The molecule has 0 unspecified atom stereocenters. The zero-order valence-electron chi connectivity index (χ0n) is 33.7. The van der Waals surface area contributed by atoms with E-state index in [0.717, 1.165) is 72.7 Å². The van der Waals surface area contributed by atoms with Crippen molar-refractivity contribution in [3.05, 3.63) is 231 Å². The largest absolute Gasteiger partial charge is 0.309 e. The summed E-state index contributed by atoms with van der Waals surface area (Å²) in [6, 6.07) is 82.2. The lowest BCUT2D eigenvalue weighted by Crippen LogP contribution is -2.03. The van der Waals surface area contributed by atoms with Crippen molar-refractivity contribution >= 4 is 43.6 Å². The van der Waals surface area contributed by atoms with Crippen molar-refractivity contribution < 1.29 is 0 Å². The highest BCUT2D eigenvalue weighted by atomic mass is 15.0. The van der Waals surface area contributed by atoms with Gasteiger partial charge in [-0.05, 0) is 59.7 Å². The second-order valence-corrected chi connectivity index (χ2v) is 15.7. The van der Waals surface area contributed by atoms with Crippen molar-refractivity contribution in [1.29, 1.82) is 0 Å². The first-order valence-corrected chi connectivity index (χ1v) is 21.1. The maximum atomic E-state index is 5.35. The Bertz CT molecular complexity index is 3470. The van der Waals surface area contributed by atoms with Crippen LogP contribution in [0.4, 0.5) is 0 Å². The van der Waals surface area contributed by atoms with Gasteiger partial charge in [-0.25, -0.2) is 9.97 Å². The molecule has 0 atom stereocenters. The van der Waals surface area contributed by atoms with E-state index in [0.29, 0.717) is 5.82 Å². The highest BCUT2D eigenvalue weighted by Crippen LogP contribution is 2.47. The summed E-state index contributed by atoms with van der Waals surface area (Å²) in [4.78, 5) is 10.7. The van der Waals surface area contributed by atoms with E-state index in [4.69, 9.17) is 9.97 Å². The van der Waals surface area contributed by atoms with Crippen LogP contribution in [0.5, 0.6) is 0 Å². The van der Waals surface area contributed by atoms with Gasteiger partial charge in [0.15, 0.2) is 5.82 Å². The molecule has 4 heteroatoms. The molecule has 0 aliphatic carbocycles. The van der Waals surface area contributed by atoms with Gasteiger partial charge in [0, 0.05) is 55.0 Å². The molecule has 290 valence electrons. The van der Waals surface area contributed by atoms with Crippen LogP contribution in [0.3, 0.4) is 0 Å². The van der Waals surface area contributed by atoms with Crippen molar-refractivity contribution in [2.75, 3.05) is 0 Å². The molecule has 9 aromatic carbocycles. The maximum Gasteiger partial charge on any atom is 0.160 e. The first-order valence-electron chi connectivity index (χ1n) is 21.1. The fourth-order valence-electron chi connectivity index (χ4n) is 9.37. The van der Waals surface area contributed by atoms with Crippen LogP contribution in [0.1, 0.15) is 0 Å². The molecule has 3 aromatic heterocycles. The lowest BCUT2D eigenvalue weighted by atomic mass is 9.92. The molecule has 0 fully saturated rings. The van der Waals surface area contributed by atoms with E-state index in [1.165, 1.54) is 32.6 Å². The second-order valence-electron chi connectivity index (χ2n) is 15.7. The van der Waals surface area contributed by atoms with Gasteiger partial charge in [0.1, 0.15) is 0 Å². The Balaban J connectivity index is 1.24. The van der Waals surface area contributed by atoms with Crippen molar-refractivity contribution in [3.8, 4) is 67.5 Å². The predicted octanol–water partition coefficient (Wildman–Crippen LogP) is 15.0. The molecule has 0 amide bonds. The average Bonchev–Trinajstić information content (AvgIpc) is 3.87. The number of fused-ring (bicyclic) bond motifs is 7. The fraction of sp³-hybridized carbons (Fsp3) is 0. The zero-order valence-corrected chi connectivity index (χ0v) is 33.7. The quantitative estimate of drug-likeness (QED) is 0.161. The summed E-state index contributed by atoms with van der Waals surface area (Å²) < 4.78 is 4.95. The molecule has 0 aliphatic rings. The summed E-state index contributed by atoms with van der Waals surface area (Å²) >= 11 is 0. The predicted molar refractivity (Wildman–Crippen MR) is 258 cm³/mol. The first kappa shape index (κ1) is 35.6. The normalized spacial score (nSPS) is 11.5. The molecule has 0 bridgehead atoms. The number of para-hydroxylation sites is 3. The van der Waals surface area contributed by atoms with Gasteiger partial charge in [-0.15, -0.1) is 0 Å². The third-order valence-electron chi connectivity index (χ3n) is 12.1. The summed E-state index contributed by atoms with van der Waals surface area (Å²) in [7, 11) is 0. The van der Waals surface area contributed by atoms with Crippen LogP contribution in [-0.2, 0) is 0 Å². The summed E-state index contributed by atoms with van der Waals surface area (Å²) in [5, 5.41) is 4.83. The van der Waals surface area contributed by atoms with E-state index in [2.05, 4.69) is 228 Å². The average molecular weight is 791 g/mol. The van der Waals surface area contributed by atoms with Crippen LogP contribution in [-0.4, -0.2) is 19.1 Å². The molecule has 0 radical (unpaired) electrons. The van der Waals surface area contributed by atoms with E-state index in [-0.39, 0.29) is 0 Å². The Morgan fingerprint density at radius 3 is 1.31 bits per heavy atom. The second kappa shape index (κ2) is 14.7. The van der Waals surface area contributed by atoms with Crippen molar-refractivity contribution in [3.63, 3.8) is 0 Å².